The van der Waals surface area contributed by atoms with E-state index in [1.54, 1.807) is 47.2 Å². The number of rotatable bonds is 8. The van der Waals surface area contributed by atoms with Gasteiger partial charge in [0.05, 0.1) is 24.3 Å². The zero-order chi connectivity index (χ0) is 39.0. The Bertz CT molecular complexity index is 2280. The van der Waals surface area contributed by atoms with E-state index in [9.17, 15) is 19.8 Å². The summed E-state index contributed by atoms with van der Waals surface area (Å²) in [5.74, 6) is -0.764. The van der Waals surface area contributed by atoms with E-state index in [0.717, 1.165) is 84.0 Å². The van der Waals surface area contributed by atoms with Gasteiger partial charge in [-0.05, 0) is 109 Å². The van der Waals surface area contributed by atoms with Gasteiger partial charge in [0.1, 0.15) is 10.0 Å². The van der Waals surface area contributed by atoms with Gasteiger partial charge in [0, 0.05) is 22.2 Å². The normalized spacial score (nSPS) is 13.9. The van der Waals surface area contributed by atoms with Gasteiger partial charge in [0.15, 0.2) is 0 Å². The minimum Gasteiger partial charge on any atom is -0.872 e. The van der Waals surface area contributed by atoms with Crippen molar-refractivity contribution in [2.75, 3.05) is 13.2 Å². The molecule has 8 nitrogen and oxygen atoms in total. The van der Waals surface area contributed by atoms with E-state index in [1.165, 1.54) is 22.6 Å². The van der Waals surface area contributed by atoms with Crippen LogP contribution in [0, 0.1) is 0 Å². The second kappa shape index (κ2) is 19.6. The number of ether oxygens (including phenoxy) is 2. The molecule has 0 amide bonds. The topological polar surface area (TPSA) is 123 Å². The van der Waals surface area contributed by atoms with Crippen molar-refractivity contribution < 1.29 is 48.8 Å². The molecule has 0 atom stereocenters. The Morgan fingerprint density at radius 2 is 1.00 bits per heavy atom. The number of fused-ring (bicyclic) bond motifs is 4. The van der Waals surface area contributed by atoms with Crippen LogP contribution in [0.15, 0.2) is 82.8 Å². The van der Waals surface area contributed by atoms with Crippen LogP contribution in [0.5, 0.6) is 11.5 Å². The molecule has 57 heavy (non-hydrogen) atoms. The molecule has 0 saturated carbocycles. The maximum Gasteiger partial charge on any atom is 2.00 e. The standard InChI is InChI=1S/2C23H23NO3S.Zn/c2*1-2-27-23(26)21-17-10-4-3-5-11-20(17)28-22(21)24-14-18-16-9-7-6-8-15(16)12-13-19(18)25;/h2*6-9,12-14,25H,2-5,10-11H2,1H3;/q;;+2/p-2/b2*24-14+;. The second-order valence-electron chi connectivity index (χ2n) is 13.8. The van der Waals surface area contributed by atoms with Crippen molar-refractivity contribution in [2.24, 2.45) is 9.98 Å². The molecule has 11 heteroatoms. The van der Waals surface area contributed by atoms with Gasteiger partial charge in [0.2, 0.25) is 0 Å². The van der Waals surface area contributed by atoms with Gasteiger partial charge < -0.3 is 19.7 Å². The number of carbonyl (C=O) groups excluding carboxylic acids is 2. The van der Waals surface area contributed by atoms with Crippen LogP contribution in [0.4, 0.5) is 10.0 Å². The first-order chi connectivity index (χ1) is 27.4. The van der Waals surface area contributed by atoms with Crippen LogP contribution in [0.3, 0.4) is 0 Å². The van der Waals surface area contributed by atoms with Gasteiger partial charge in [-0.2, -0.15) is 0 Å². The van der Waals surface area contributed by atoms with Gasteiger partial charge in [-0.25, -0.2) is 19.6 Å². The molecule has 0 unspecified atom stereocenters. The molecule has 4 aromatic carbocycles. The zero-order valence-electron chi connectivity index (χ0n) is 32.4. The third kappa shape index (κ3) is 9.38. The summed E-state index contributed by atoms with van der Waals surface area (Å²) in [5, 5.41) is 29.9. The molecule has 8 rings (SSSR count). The third-order valence-electron chi connectivity index (χ3n) is 10.2. The quantitative estimate of drug-likeness (QED) is 0.0650. The second-order valence-corrected chi connectivity index (χ2v) is 16.0. The summed E-state index contributed by atoms with van der Waals surface area (Å²) >= 11 is 3.12. The SMILES string of the molecule is CCOC(=O)c1c(/N=C/c2c([O-])ccc3ccccc23)sc2c1CCCCC2.CCOC(=O)c1c(/N=C/c2c([O-])ccc3ccccc23)sc2c1CCCCC2.[Zn+2]. The Labute approximate surface area is 354 Å². The van der Waals surface area contributed by atoms with Crippen LogP contribution >= 0.6 is 22.7 Å². The first-order valence-corrected chi connectivity index (χ1v) is 21.1. The number of carbonyl (C=O) groups is 2. The van der Waals surface area contributed by atoms with Gasteiger partial charge in [-0.1, -0.05) is 97.1 Å². The summed E-state index contributed by atoms with van der Waals surface area (Å²) in [7, 11) is 0. The van der Waals surface area contributed by atoms with Gasteiger partial charge in [0.25, 0.3) is 0 Å². The number of thiophene rings is 2. The Balaban J connectivity index is 0.000000189. The number of hydrogen-bond acceptors (Lipinski definition) is 10. The molecule has 2 aromatic heterocycles. The summed E-state index contributed by atoms with van der Waals surface area (Å²) in [6.07, 6.45) is 13.7. The van der Waals surface area contributed by atoms with E-state index in [4.69, 9.17) is 9.47 Å². The van der Waals surface area contributed by atoms with E-state index >= 15 is 0 Å². The van der Waals surface area contributed by atoms with E-state index in [-0.39, 0.29) is 42.9 Å². The molecule has 288 valence electrons. The average Bonchev–Trinajstić information content (AvgIpc) is 3.51. The Morgan fingerprint density at radius 3 is 1.42 bits per heavy atom. The van der Waals surface area contributed by atoms with Crippen molar-refractivity contribution in [1.29, 1.82) is 0 Å². The fraction of sp³-hybridized carbons (Fsp3) is 0.304. The number of aliphatic imine (C=N–C) groups is 2. The molecule has 0 radical (unpaired) electrons. The fourth-order valence-electron chi connectivity index (χ4n) is 7.53. The van der Waals surface area contributed by atoms with Crippen molar-refractivity contribution in [2.45, 2.75) is 78.1 Å². The third-order valence-corrected chi connectivity index (χ3v) is 12.6. The maximum atomic E-state index is 12.7. The fourth-order valence-corrected chi connectivity index (χ4v) is 9.97. The van der Waals surface area contributed by atoms with Crippen LogP contribution in [0.2, 0.25) is 0 Å². The van der Waals surface area contributed by atoms with E-state index in [0.29, 0.717) is 45.5 Å². The molecule has 0 saturated heterocycles. The van der Waals surface area contributed by atoms with Gasteiger partial charge in [-0.3, -0.25) is 0 Å². The number of benzene rings is 4. The van der Waals surface area contributed by atoms with Crippen molar-refractivity contribution in [1.82, 2.24) is 0 Å². The van der Waals surface area contributed by atoms with E-state index in [2.05, 4.69) is 9.98 Å². The zero-order valence-corrected chi connectivity index (χ0v) is 37.0. The van der Waals surface area contributed by atoms with Crippen molar-refractivity contribution >= 4 is 78.6 Å². The summed E-state index contributed by atoms with van der Waals surface area (Å²) in [6, 6.07) is 22.3. The molecule has 0 bridgehead atoms. The number of esters is 2. The number of aryl methyl sites for hydroxylation is 2. The minimum absolute atomic E-state index is 0. The van der Waals surface area contributed by atoms with Crippen LogP contribution in [-0.4, -0.2) is 37.6 Å². The molecule has 0 N–H and O–H groups in total. The molecule has 0 fully saturated rings. The molecule has 0 aliphatic heterocycles. The molecule has 0 spiro atoms. The minimum atomic E-state index is -0.311. The van der Waals surface area contributed by atoms with Crippen LogP contribution in [-0.2, 0) is 54.6 Å². The Morgan fingerprint density at radius 1 is 0.596 bits per heavy atom. The average molecular weight is 850 g/mol. The van der Waals surface area contributed by atoms with Crippen molar-refractivity contribution in [3.8, 4) is 11.5 Å². The smallest absolute Gasteiger partial charge is 0.872 e. The van der Waals surface area contributed by atoms with Crippen LogP contribution in [0.25, 0.3) is 21.5 Å². The largest absolute Gasteiger partial charge is 2.00 e. The predicted molar refractivity (Wildman–Crippen MR) is 224 cm³/mol. The number of nitrogens with zero attached hydrogens (tertiary/aromatic N) is 2. The summed E-state index contributed by atoms with van der Waals surface area (Å²) in [5.41, 5.74) is 4.47. The van der Waals surface area contributed by atoms with Crippen LogP contribution in [0.1, 0.15) is 105 Å². The van der Waals surface area contributed by atoms with Gasteiger partial charge in [-0.15, -0.1) is 22.7 Å². The monoisotopic (exact) mass is 848 g/mol. The predicted octanol–water partition coefficient (Wildman–Crippen LogP) is 10.3. The van der Waals surface area contributed by atoms with Crippen molar-refractivity contribution in [3.63, 3.8) is 0 Å². The molecule has 2 aliphatic rings. The van der Waals surface area contributed by atoms with E-state index < -0.39 is 0 Å². The molecule has 2 aliphatic carbocycles. The van der Waals surface area contributed by atoms with Crippen LogP contribution < -0.4 is 10.2 Å². The number of hydrogen-bond donors (Lipinski definition) is 0. The molecule has 6 aromatic rings. The first kappa shape index (κ1) is 41.9. The molecule has 2 heterocycles. The Hall–Kier alpha value is -4.70. The van der Waals surface area contributed by atoms with E-state index in [1.807, 2.05) is 74.5 Å². The Kier molecular flexibility index (Phi) is 14.4. The first-order valence-electron chi connectivity index (χ1n) is 19.5. The summed E-state index contributed by atoms with van der Waals surface area (Å²) in [6.45, 7) is 4.29. The molecular formula is C46H44N2O6S2Zn. The van der Waals surface area contributed by atoms with Crippen molar-refractivity contribution in [3.05, 3.63) is 116 Å². The maximum absolute atomic E-state index is 12.7. The summed E-state index contributed by atoms with van der Waals surface area (Å²) < 4.78 is 10.6. The summed E-state index contributed by atoms with van der Waals surface area (Å²) in [4.78, 5) is 37.0. The van der Waals surface area contributed by atoms with Gasteiger partial charge >= 0.3 is 31.4 Å². The molecular weight excluding hydrogens is 806 g/mol.